The summed E-state index contributed by atoms with van der Waals surface area (Å²) in [6.07, 6.45) is 8.14. The van der Waals surface area contributed by atoms with Gasteiger partial charge < -0.3 is 19.8 Å². The predicted octanol–water partition coefficient (Wildman–Crippen LogP) is 2.93. The molecule has 0 fully saturated rings. The highest BCUT2D eigenvalue weighted by Crippen LogP contribution is 2.28. The number of carboxylic acid groups (broad SMARTS) is 2. The zero-order chi connectivity index (χ0) is 20.2. The van der Waals surface area contributed by atoms with Crippen LogP contribution in [0.25, 0.3) is 5.57 Å². The van der Waals surface area contributed by atoms with E-state index < -0.39 is 11.9 Å². The average molecular weight is 397 g/mol. The number of nitrogens with zero attached hydrogens (tertiary/aromatic N) is 3. The van der Waals surface area contributed by atoms with Gasteiger partial charge in [-0.15, -0.1) is 4.37 Å². The van der Waals surface area contributed by atoms with E-state index in [9.17, 15) is 9.59 Å². The summed E-state index contributed by atoms with van der Waals surface area (Å²) in [5.74, 6) is -1.80. The van der Waals surface area contributed by atoms with Gasteiger partial charge in [-0.05, 0) is 32.4 Å². The first-order valence-electron chi connectivity index (χ1n) is 8.84. The molecular weight excluding hydrogens is 370 g/mol. The summed E-state index contributed by atoms with van der Waals surface area (Å²) in [5, 5.41) is 15.6. The molecule has 1 aromatic heterocycles. The van der Waals surface area contributed by atoms with Crippen LogP contribution >= 0.6 is 11.7 Å². The highest BCUT2D eigenvalue weighted by Gasteiger charge is 2.19. The Bertz CT molecular complexity index is 656. The number of rotatable bonds is 8. The molecule has 8 nitrogen and oxygen atoms in total. The molecule has 1 unspecified atom stereocenters. The van der Waals surface area contributed by atoms with Crippen LogP contribution in [0.4, 0.5) is 0 Å². The molecule has 1 aliphatic rings. The lowest BCUT2D eigenvalue weighted by Gasteiger charge is -2.22. The summed E-state index contributed by atoms with van der Waals surface area (Å²) < 4.78 is 14.7. The molecule has 0 bridgehead atoms. The first-order valence-corrected chi connectivity index (χ1v) is 9.57. The number of aromatic nitrogens is 2. The third-order valence-electron chi connectivity index (χ3n) is 3.75. The Labute approximate surface area is 163 Å². The number of carbonyl (C=O) groups is 2. The second-order valence-electron chi connectivity index (χ2n) is 6.25. The van der Waals surface area contributed by atoms with Crippen molar-refractivity contribution in [3.63, 3.8) is 0 Å². The Morgan fingerprint density at radius 2 is 2.00 bits per heavy atom. The molecule has 2 heterocycles. The van der Waals surface area contributed by atoms with Crippen LogP contribution in [0.1, 0.15) is 45.2 Å². The minimum atomic E-state index is -1.26. The van der Waals surface area contributed by atoms with Crippen molar-refractivity contribution in [2.24, 2.45) is 0 Å². The monoisotopic (exact) mass is 397 g/mol. The van der Waals surface area contributed by atoms with Crippen molar-refractivity contribution in [2.75, 3.05) is 20.1 Å². The van der Waals surface area contributed by atoms with E-state index in [1.54, 1.807) is 0 Å². The normalized spacial score (nSPS) is 15.6. The molecule has 1 aromatic rings. The van der Waals surface area contributed by atoms with Gasteiger partial charge in [0.25, 0.3) is 5.88 Å². The topological polar surface area (TPSA) is 113 Å². The summed E-state index contributed by atoms with van der Waals surface area (Å²) in [6.45, 7) is 6.36. The minimum Gasteiger partial charge on any atom is -0.478 e. The van der Waals surface area contributed by atoms with Crippen LogP contribution in [0.15, 0.2) is 18.2 Å². The molecule has 1 aliphatic heterocycles. The zero-order valence-electron chi connectivity index (χ0n) is 15.9. The number of hydrogen-bond acceptors (Lipinski definition) is 7. The van der Waals surface area contributed by atoms with Crippen molar-refractivity contribution in [3.05, 3.63) is 23.9 Å². The molecule has 0 spiro atoms. The molecule has 0 aromatic carbocycles. The van der Waals surface area contributed by atoms with Crippen LogP contribution in [0, 0.1) is 0 Å². The predicted molar refractivity (Wildman–Crippen MR) is 104 cm³/mol. The second kappa shape index (κ2) is 12.2. The van der Waals surface area contributed by atoms with Gasteiger partial charge >= 0.3 is 11.9 Å². The van der Waals surface area contributed by atoms with E-state index in [1.807, 2.05) is 0 Å². The molecule has 150 valence electrons. The molecule has 0 radical (unpaired) electrons. The Morgan fingerprint density at radius 1 is 1.33 bits per heavy atom. The highest BCUT2D eigenvalue weighted by molar-refractivity contribution is 6.99. The standard InChI is InChI=1S/C14H23N3OS.C4H4O4/c1-4-5-7-11(2)18-14-13(15-19-16-14)12-8-6-9-17(3)10-12;5-3(6)1-2-4(7)8/h8,11H,4-7,9-10H2,1-3H3;1-2H,(H,5,6)(H,7,8). The Morgan fingerprint density at radius 3 is 2.56 bits per heavy atom. The van der Waals surface area contributed by atoms with Gasteiger partial charge in [0.2, 0.25) is 0 Å². The fraction of sp³-hybridized carbons (Fsp3) is 0.556. The van der Waals surface area contributed by atoms with Crippen molar-refractivity contribution in [2.45, 2.75) is 45.6 Å². The van der Waals surface area contributed by atoms with Crippen LogP contribution in [-0.2, 0) is 9.59 Å². The molecule has 0 saturated carbocycles. The van der Waals surface area contributed by atoms with Gasteiger partial charge in [0, 0.05) is 25.2 Å². The summed E-state index contributed by atoms with van der Waals surface area (Å²) >= 11 is 1.24. The van der Waals surface area contributed by atoms with E-state index in [4.69, 9.17) is 14.9 Å². The Balaban J connectivity index is 0.000000387. The van der Waals surface area contributed by atoms with Crippen LogP contribution in [0.2, 0.25) is 0 Å². The van der Waals surface area contributed by atoms with E-state index in [0.717, 1.165) is 37.5 Å². The minimum absolute atomic E-state index is 0.213. The average Bonchev–Trinajstić information content (AvgIpc) is 3.07. The summed E-state index contributed by atoms with van der Waals surface area (Å²) in [5.41, 5.74) is 2.19. The molecule has 9 heteroatoms. The van der Waals surface area contributed by atoms with Crippen LogP contribution in [0.3, 0.4) is 0 Å². The third kappa shape index (κ3) is 9.30. The highest BCUT2D eigenvalue weighted by atomic mass is 32.1. The fourth-order valence-electron chi connectivity index (χ4n) is 2.40. The molecule has 1 atom stereocenters. The van der Waals surface area contributed by atoms with E-state index in [-0.39, 0.29) is 6.10 Å². The second-order valence-corrected chi connectivity index (χ2v) is 6.78. The lowest BCUT2D eigenvalue weighted by molar-refractivity contribution is -0.134. The van der Waals surface area contributed by atoms with E-state index >= 15 is 0 Å². The van der Waals surface area contributed by atoms with E-state index in [1.165, 1.54) is 30.1 Å². The lowest BCUT2D eigenvalue weighted by Crippen LogP contribution is -2.25. The molecule has 2 N–H and O–H groups in total. The van der Waals surface area contributed by atoms with Gasteiger partial charge in [0.1, 0.15) is 5.69 Å². The molecule has 0 amide bonds. The quantitative estimate of drug-likeness (QED) is 0.644. The molecule has 27 heavy (non-hydrogen) atoms. The van der Waals surface area contributed by atoms with Crippen molar-refractivity contribution in [3.8, 4) is 5.88 Å². The smallest absolute Gasteiger partial charge is 0.328 e. The molecular formula is C18H27N3O5S. The molecule has 0 aliphatic carbocycles. The van der Waals surface area contributed by atoms with Gasteiger partial charge in [-0.1, -0.05) is 25.8 Å². The Kier molecular flexibility index (Phi) is 10.3. The van der Waals surface area contributed by atoms with Crippen LogP contribution < -0.4 is 4.74 Å². The number of likely N-dealkylation sites (N-methyl/N-ethyl adjacent to an activating group) is 1. The summed E-state index contributed by atoms with van der Waals surface area (Å²) in [4.78, 5) is 21.4. The number of carboxylic acids is 2. The van der Waals surface area contributed by atoms with Gasteiger partial charge in [-0.25, -0.2) is 9.59 Å². The van der Waals surface area contributed by atoms with Crippen molar-refractivity contribution in [1.82, 2.24) is 13.6 Å². The van der Waals surface area contributed by atoms with Gasteiger partial charge in [0.15, 0.2) is 0 Å². The number of hydrogen-bond donors (Lipinski definition) is 2. The van der Waals surface area contributed by atoms with Gasteiger partial charge in [-0.3, -0.25) is 0 Å². The largest absolute Gasteiger partial charge is 0.478 e. The maximum Gasteiger partial charge on any atom is 0.328 e. The van der Waals surface area contributed by atoms with Crippen molar-refractivity contribution in [1.29, 1.82) is 0 Å². The van der Waals surface area contributed by atoms with Crippen LogP contribution in [-0.4, -0.2) is 62.0 Å². The van der Waals surface area contributed by atoms with Crippen LogP contribution in [0.5, 0.6) is 5.88 Å². The first-order chi connectivity index (χ1) is 12.8. The zero-order valence-corrected chi connectivity index (χ0v) is 16.7. The lowest BCUT2D eigenvalue weighted by atomic mass is 10.1. The molecule has 2 rings (SSSR count). The number of unbranched alkanes of at least 4 members (excludes halogenated alkanes) is 1. The van der Waals surface area contributed by atoms with E-state index in [0.29, 0.717) is 12.2 Å². The number of aliphatic carboxylic acids is 2. The maximum atomic E-state index is 9.55. The van der Waals surface area contributed by atoms with Crippen molar-refractivity contribution < 1.29 is 24.5 Å². The SMILES string of the molecule is CCCCC(C)Oc1nsnc1C1=CCCN(C)C1.O=C(O)C=CC(=O)O. The fourth-order valence-corrected chi connectivity index (χ4v) is 2.92. The van der Waals surface area contributed by atoms with Crippen molar-refractivity contribution >= 4 is 29.2 Å². The Hall–Kier alpha value is -2.26. The van der Waals surface area contributed by atoms with Gasteiger partial charge in [0.05, 0.1) is 17.8 Å². The summed E-state index contributed by atoms with van der Waals surface area (Å²) in [7, 11) is 2.14. The molecule has 0 saturated heterocycles. The summed E-state index contributed by atoms with van der Waals surface area (Å²) in [6, 6.07) is 0. The number of ether oxygens (including phenoxy) is 1. The van der Waals surface area contributed by atoms with Gasteiger partial charge in [-0.2, -0.15) is 4.37 Å². The first kappa shape index (κ1) is 22.8. The van der Waals surface area contributed by atoms with E-state index in [2.05, 4.69) is 40.6 Å². The maximum absolute atomic E-state index is 9.55. The third-order valence-corrected chi connectivity index (χ3v) is 4.26.